The van der Waals surface area contributed by atoms with Crippen LogP contribution < -0.4 is 16.6 Å². The van der Waals surface area contributed by atoms with E-state index >= 15 is 0 Å². The van der Waals surface area contributed by atoms with Crippen molar-refractivity contribution in [1.29, 1.82) is 0 Å². The van der Waals surface area contributed by atoms with Gasteiger partial charge in [-0.25, -0.2) is 4.79 Å². The maximum Gasteiger partial charge on any atom is 0.348 e. The first-order valence-corrected chi connectivity index (χ1v) is 6.40. The summed E-state index contributed by atoms with van der Waals surface area (Å²) in [6.07, 6.45) is 4.27. The maximum absolute atomic E-state index is 11.1. The molecule has 0 saturated carbocycles. The molecular formula is C11H13N3O2S. The number of allylic oxidation sites excluding steroid dienone is 2. The van der Waals surface area contributed by atoms with Crippen LogP contribution in [0.1, 0.15) is 40.9 Å². The summed E-state index contributed by atoms with van der Waals surface area (Å²) in [5.74, 6) is -0.957. The summed E-state index contributed by atoms with van der Waals surface area (Å²) in [7, 11) is 0. The fourth-order valence-electron chi connectivity index (χ4n) is 2.44. The van der Waals surface area contributed by atoms with Gasteiger partial charge in [0, 0.05) is 11.3 Å². The number of carbonyl (C=O) groups is 1. The molecule has 0 atom stereocenters. The molecule has 90 valence electrons. The Morgan fingerprint density at radius 1 is 1.29 bits per heavy atom. The number of aromatic carboxylic acids is 1. The Labute approximate surface area is 102 Å². The second-order valence-corrected chi connectivity index (χ2v) is 5.29. The minimum Gasteiger partial charge on any atom is -0.477 e. The third-order valence-electron chi connectivity index (χ3n) is 3.24. The van der Waals surface area contributed by atoms with Crippen LogP contribution in [0.15, 0.2) is 5.70 Å². The van der Waals surface area contributed by atoms with E-state index in [0.717, 1.165) is 35.5 Å². The Kier molecular flexibility index (Phi) is 2.25. The number of fused-ring (bicyclic) bond motifs is 2. The van der Waals surface area contributed by atoms with Crippen LogP contribution in [0.5, 0.6) is 0 Å². The molecule has 1 aliphatic carbocycles. The van der Waals surface area contributed by atoms with Crippen LogP contribution in [0.4, 0.5) is 10.7 Å². The van der Waals surface area contributed by atoms with Crippen LogP contribution >= 0.6 is 11.3 Å². The van der Waals surface area contributed by atoms with Crippen LogP contribution in [0.25, 0.3) is 5.57 Å². The first-order chi connectivity index (χ1) is 8.18. The highest BCUT2D eigenvalue weighted by Gasteiger charge is 2.28. The number of nitrogens with two attached hydrogens (primary N) is 1. The van der Waals surface area contributed by atoms with Gasteiger partial charge in [0.25, 0.3) is 0 Å². The van der Waals surface area contributed by atoms with Gasteiger partial charge in [-0.2, -0.15) is 0 Å². The van der Waals surface area contributed by atoms with Gasteiger partial charge in [0.2, 0.25) is 0 Å². The third kappa shape index (κ3) is 1.48. The van der Waals surface area contributed by atoms with E-state index in [2.05, 4.69) is 10.9 Å². The molecule has 1 aliphatic heterocycles. The number of rotatable bonds is 1. The van der Waals surface area contributed by atoms with Crippen molar-refractivity contribution in [3.8, 4) is 0 Å². The smallest absolute Gasteiger partial charge is 0.348 e. The monoisotopic (exact) mass is 251 g/mol. The molecule has 0 radical (unpaired) electrons. The zero-order valence-electron chi connectivity index (χ0n) is 9.17. The van der Waals surface area contributed by atoms with E-state index in [1.54, 1.807) is 0 Å². The summed E-state index contributed by atoms with van der Waals surface area (Å²) >= 11 is 1.19. The van der Waals surface area contributed by atoms with Crippen molar-refractivity contribution in [3.05, 3.63) is 16.1 Å². The van der Waals surface area contributed by atoms with Gasteiger partial charge in [-0.1, -0.05) is 0 Å². The number of hydrazine groups is 1. The van der Waals surface area contributed by atoms with Crippen molar-refractivity contribution in [1.82, 2.24) is 5.43 Å². The molecule has 2 aliphatic rings. The molecule has 0 amide bonds. The normalized spacial score (nSPS) is 17.9. The van der Waals surface area contributed by atoms with Crippen molar-refractivity contribution >= 4 is 33.6 Å². The number of nitrogens with one attached hydrogen (secondary N) is 2. The molecule has 0 aromatic carbocycles. The first kappa shape index (κ1) is 10.5. The van der Waals surface area contributed by atoms with Gasteiger partial charge in [-0.3, -0.25) is 5.43 Å². The van der Waals surface area contributed by atoms with Crippen LogP contribution in [-0.2, 0) is 0 Å². The van der Waals surface area contributed by atoms with Crippen molar-refractivity contribution in [2.45, 2.75) is 25.7 Å². The highest BCUT2D eigenvalue weighted by molar-refractivity contribution is 7.18. The lowest BCUT2D eigenvalue weighted by atomic mass is 9.90. The standard InChI is InChI=1S/C11H13N3O2S/c12-8-7-5-3-1-2-4-6(5)13-14-10(7)17-9(8)11(15)16/h13-14H,1-4,12H2,(H,15,16). The zero-order valence-corrected chi connectivity index (χ0v) is 9.99. The highest BCUT2D eigenvalue weighted by atomic mass is 32.1. The van der Waals surface area contributed by atoms with Gasteiger partial charge >= 0.3 is 5.97 Å². The fraction of sp³-hybridized carbons (Fsp3) is 0.364. The summed E-state index contributed by atoms with van der Waals surface area (Å²) in [5, 5.41) is 9.90. The average molecular weight is 251 g/mol. The Hall–Kier alpha value is -1.69. The van der Waals surface area contributed by atoms with Crippen molar-refractivity contribution in [3.63, 3.8) is 0 Å². The SMILES string of the molecule is Nc1c(C(=O)O)sc2c1C1=C(CCCC1)NN2. The van der Waals surface area contributed by atoms with Gasteiger partial charge in [0.15, 0.2) is 0 Å². The predicted octanol–water partition coefficient (Wildman–Crippen LogP) is 2.24. The number of carboxylic acid groups (broad SMARTS) is 1. The molecule has 0 bridgehead atoms. The van der Waals surface area contributed by atoms with Crippen molar-refractivity contribution < 1.29 is 9.90 Å². The largest absolute Gasteiger partial charge is 0.477 e. The second-order valence-electron chi connectivity index (χ2n) is 4.27. The van der Waals surface area contributed by atoms with Crippen LogP contribution in [0, 0.1) is 0 Å². The minimum atomic E-state index is -0.957. The van der Waals surface area contributed by atoms with E-state index in [4.69, 9.17) is 10.8 Å². The molecule has 1 aromatic heterocycles. The minimum absolute atomic E-state index is 0.226. The van der Waals surface area contributed by atoms with Crippen molar-refractivity contribution in [2.75, 3.05) is 11.2 Å². The molecule has 0 fully saturated rings. The van der Waals surface area contributed by atoms with Gasteiger partial charge in [-0.15, -0.1) is 11.3 Å². The summed E-state index contributed by atoms with van der Waals surface area (Å²) in [4.78, 5) is 11.3. The van der Waals surface area contributed by atoms with Gasteiger partial charge in [-0.05, 0) is 31.3 Å². The molecule has 0 saturated heterocycles. The van der Waals surface area contributed by atoms with E-state index in [-0.39, 0.29) is 4.88 Å². The molecule has 1 aromatic rings. The van der Waals surface area contributed by atoms with Gasteiger partial charge in [0.05, 0.1) is 5.69 Å². The Bertz CT molecular complexity index is 533. The average Bonchev–Trinajstić information content (AvgIpc) is 2.67. The molecule has 3 rings (SSSR count). The van der Waals surface area contributed by atoms with Crippen LogP contribution in [-0.4, -0.2) is 11.1 Å². The highest BCUT2D eigenvalue weighted by Crippen LogP contribution is 2.46. The Morgan fingerprint density at radius 2 is 2.06 bits per heavy atom. The van der Waals surface area contributed by atoms with Crippen molar-refractivity contribution in [2.24, 2.45) is 0 Å². The lowest BCUT2D eigenvalue weighted by Crippen LogP contribution is -2.27. The van der Waals surface area contributed by atoms with E-state index < -0.39 is 5.97 Å². The number of thiophene rings is 1. The summed E-state index contributed by atoms with van der Waals surface area (Å²) in [6, 6.07) is 0. The van der Waals surface area contributed by atoms with Crippen LogP contribution in [0.3, 0.4) is 0 Å². The summed E-state index contributed by atoms with van der Waals surface area (Å²) in [5.41, 5.74) is 15.8. The molecular weight excluding hydrogens is 238 g/mol. The number of anilines is 2. The molecule has 0 spiro atoms. The maximum atomic E-state index is 11.1. The molecule has 6 heteroatoms. The molecule has 17 heavy (non-hydrogen) atoms. The zero-order chi connectivity index (χ0) is 12.0. The number of hydrogen-bond acceptors (Lipinski definition) is 5. The third-order valence-corrected chi connectivity index (χ3v) is 4.34. The molecule has 0 unspecified atom stereocenters. The quantitative estimate of drug-likeness (QED) is 0.615. The number of carboxylic acids is 1. The predicted molar refractivity (Wildman–Crippen MR) is 67.8 cm³/mol. The first-order valence-electron chi connectivity index (χ1n) is 5.58. The van der Waals surface area contributed by atoms with E-state index in [0.29, 0.717) is 5.69 Å². The lowest BCUT2D eigenvalue weighted by Gasteiger charge is -2.27. The van der Waals surface area contributed by atoms with E-state index in [1.165, 1.54) is 23.3 Å². The summed E-state index contributed by atoms with van der Waals surface area (Å²) in [6.45, 7) is 0. The molecule has 2 heterocycles. The van der Waals surface area contributed by atoms with Crippen LogP contribution in [0.2, 0.25) is 0 Å². The molecule has 5 N–H and O–H groups in total. The summed E-state index contributed by atoms with van der Waals surface area (Å²) < 4.78 is 0. The lowest BCUT2D eigenvalue weighted by molar-refractivity contribution is 0.0703. The van der Waals surface area contributed by atoms with E-state index in [1.807, 2.05) is 0 Å². The Morgan fingerprint density at radius 3 is 2.82 bits per heavy atom. The molecule has 5 nitrogen and oxygen atoms in total. The number of nitrogen functional groups attached to an aromatic ring is 1. The fourth-order valence-corrected chi connectivity index (χ4v) is 3.38. The number of hydrogen-bond donors (Lipinski definition) is 4. The Balaban J connectivity index is 2.17. The van der Waals surface area contributed by atoms with Gasteiger partial charge < -0.3 is 16.3 Å². The van der Waals surface area contributed by atoms with Gasteiger partial charge in [0.1, 0.15) is 9.88 Å². The second kappa shape index (κ2) is 3.66. The topological polar surface area (TPSA) is 87.4 Å². The van der Waals surface area contributed by atoms with E-state index in [9.17, 15) is 4.79 Å².